The van der Waals surface area contributed by atoms with Crippen molar-refractivity contribution < 1.29 is 9.47 Å². The summed E-state index contributed by atoms with van der Waals surface area (Å²) < 4.78 is 10.3. The highest BCUT2D eigenvalue weighted by molar-refractivity contribution is 5.12. The molecule has 0 heterocycles. The summed E-state index contributed by atoms with van der Waals surface area (Å²) in [6.45, 7) is 3.24. The monoisotopic (exact) mass is 255 g/mol. The van der Waals surface area contributed by atoms with E-state index >= 15 is 0 Å². The fourth-order valence-corrected chi connectivity index (χ4v) is 2.61. The minimum Gasteiger partial charge on any atom is -0.383 e. The van der Waals surface area contributed by atoms with Crippen LogP contribution in [0, 0.1) is 11.3 Å². The summed E-state index contributed by atoms with van der Waals surface area (Å²) >= 11 is 0. The second-order valence-electron chi connectivity index (χ2n) is 4.86. The fourth-order valence-electron chi connectivity index (χ4n) is 2.61. The van der Waals surface area contributed by atoms with Gasteiger partial charge < -0.3 is 14.8 Å². The third kappa shape index (κ3) is 3.92. The molecule has 1 N–H and O–H groups in total. The lowest BCUT2D eigenvalue weighted by Crippen LogP contribution is -2.43. The van der Waals surface area contributed by atoms with E-state index in [-0.39, 0.29) is 5.54 Å². The molecule has 1 rings (SSSR count). The predicted octanol–water partition coefficient (Wildman–Crippen LogP) is 0.615. The maximum absolute atomic E-state index is 9.29. The molecule has 5 nitrogen and oxygen atoms in total. The lowest BCUT2D eigenvalue weighted by molar-refractivity contribution is 0.0872. The quantitative estimate of drug-likeness (QED) is 0.689. The molecule has 0 bridgehead atoms. The van der Waals surface area contributed by atoms with Crippen molar-refractivity contribution in [3.8, 4) is 6.07 Å². The summed E-state index contributed by atoms with van der Waals surface area (Å²) in [4.78, 5) is 2.38. The van der Waals surface area contributed by atoms with Crippen LogP contribution in [-0.2, 0) is 9.47 Å². The van der Waals surface area contributed by atoms with Crippen molar-refractivity contribution >= 4 is 0 Å². The van der Waals surface area contributed by atoms with Gasteiger partial charge in [0.05, 0.1) is 19.3 Å². The second-order valence-corrected chi connectivity index (χ2v) is 4.86. The van der Waals surface area contributed by atoms with E-state index in [1.165, 1.54) is 0 Å². The molecule has 0 aromatic carbocycles. The van der Waals surface area contributed by atoms with Crippen LogP contribution in [-0.4, -0.2) is 64.1 Å². The van der Waals surface area contributed by atoms with Crippen LogP contribution in [0.3, 0.4) is 0 Å². The number of nitrogens with zero attached hydrogens (tertiary/aromatic N) is 2. The van der Waals surface area contributed by atoms with Crippen molar-refractivity contribution in [1.29, 1.82) is 5.26 Å². The van der Waals surface area contributed by atoms with Gasteiger partial charge in [0.2, 0.25) is 0 Å². The molecule has 1 saturated carbocycles. The summed E-state index contributed by atoms with van der Waals surface area (Å²) in [5, 5.41) is 12.5. The van der Waals surface area contributed by atoms with Gasteiger partial charge in [-0.1, -0.05) is 0 Å². The zero-order valence-corrected chi connectivity index (χ0v) is 11.7. The van der Waals surface area contributed by atoms with Gasteiger partial charge in [0.1, 0.15) is 5.54 Å². The van der Waals surface area contributed by atoms with Gasteiger partial charge in [0, 0.05) is 33.4 Å². The topological polar surface area (TPSA) is 57.5 Å². The van der Waals surface area contributed by atoms with Crippen molar-refractivity contribution in [2.75, 3.05) is 47.6 Å². The standard InChI is InChI=1S/C13H25N3O2/c1-15-13(11-14)5-4-12(10-13)16(6-8-17-2)7-9-18-3/h12,15H,4-10H2,1-3H3. The van der Waals surface area contributed by atoms with E-state index in [1.807, 2.05) is 7.05 Å². The Kier molecular flexibility index (Phi) is 6.58. The predicted molar refractivity (Wildman–Crippen MR) is 70.4 cm³/mol. The first kappa shape index (κ1) is 15.4. The molecule has 1 aliphatic rings. The van der Waals surface area contributed by atoms with Gasteiger partial charge in [-0.05, 0) is 26.3 Å². The third-order valence-electron chi connectivity index (χ3n) is 3.86. The van der Waals surface area contributed by atoms with Crippen LogP contribution in [0.1, 0.15) is 19.3 Å². The van der Waals surface area contributed by atoms with Crippen LogP contribution in [0.5, 0.6) is 0 Å². The summed E-state index contributed by atoms with van der Waals surface area (Å²) in [6.07, 6.45) is 2.86. The number of hydrogen-bond acceptors (Lipinski definition) is 5. The number of methoxy groups -OCH3 is 2. The van der Waals surface area contributed by atoms with Crippen molar-refractivity contribution in [3.05, 3.63) is 0 Å². The van der Waals surface area contributed by atoms with Crippen molar-refractivity contribution in [1.82, 2.24) is 10.2 Å². The largest absolute Gasteiger partial charge is 0.383 e. The fraction of sp³-hybridized carbons (Fsp3) is 0.923. The van der Waals surface area contributed by atoms with E-state index in [0.717, 1.165) is 45.6 Å². The average Bonchev–Trinajstić information content (AvgIpc) is 2.84. The molecule has 0 radical (unpaired) electrons. The van der Waals surface area contributed by atoms with E-state index < -0.39 is 0 Å². The number of nitrogens with one attached hydrogen (secondary N) is 1. The summed E-state index contributed by atoms with van der Waals surface area (Å²) in [5.74, 6) is 0. The highest BCUT2D eigenvalue weighted by atomic mass is 16.5. The zero-order valence-electron chi connectivity index (χ0n) is 11.7. The molecule has 0 saturated heterocycles. The van der Waals surface area contributed by atoms with Crippen molar-refractivity contribution in [3.63, 3.8) is 0 Å². The number of ether oxygens (including phenoxy) is 2. The van der Waals surface area contributed by atoms with Gasteiger partial charge in [-0.3, -0.25) is 4.90 Å². The van der Waals surface area contributed by atoms with E-state index in [1.54, 1.807) is 14.2 Å². The molecule has 2 unspecified atom stereocenters. The number of rotatable bonds is 8. The second kappa shape index (κ2) is 7.70. The Morgan fingerprint density at radius 2 is 1.94 bits per heavy atom. The molecule has 1 fully saturated rings. The summed E-state index contributed by atoms with van der Waals surface area (Å²) in [5.41, 5.74) is -0.344. The van der Waals surface area contributed by atoms with Gasteiger partial charge in [0.25, 0.3) is 0 Å². The van der Waals surface area contributed by atoms with Gasteiger partial charge >= 0.3 is 0 Å². The lowest BCUT2D eigenvalue weighted by atomic mass is 10.00. The minimum atomic E-state index is -0.344. The van der Waals surface area contributed by atoms with Crippen LogP contribution < -0.4 is 5.32 Å². The molecular weight excluding hydrogens is 230 g/mol. The Morgan fingerprint density at radius 3 is 2.33 bits per heavy atom. The first-order valence-corrected chi connectivity index (χ1v) is 6.53. The number of nitriles is 1. The third-order valence-corrected chi connectivity index (χ3v) is 3.86. The first-order chi connectivity index (χ1) is 8.71. The molecule has 0 amide bonds. The van der Waals surface area contributed by atoms with Crippen LogP contribution in [0.15, 0.2) is 0 Å². The average molecular weight is 255 g/mol. The first-order valence-electron chi connectivity index (χ1n) is 6.53. The molecule has 0 spiro atoms. The van der Waals surface area contributed by atoms with E-state index in [2.05, 4.69) is 16.3 Å². The Hall–Kier alpha value is -0.670. The summed E-state index contributed by atoms with van der Waals surface area (Å²) in [7, 11) is 5.31. The molecule has 5 heteroatoms. The molecular formula is C13H25N3O2. The van der Waals surface area contributed by atoms with Gasteiger partial charge in [-0.15, -0.1) is 0 Å². The molecule has 0 aliphatic heterocycles. The zero-order chi connectivity index (χ0) is 13.4. The van der Waals surface area contributed by atoms with Crippen molar-refractivity contribution in [2.45, 2.75) is 30.8 Å². The molecule has 0 aromatic heterocycles. The molecule has 104 valence electrons. The van der Waals surface area contributed by atoms with Crippen LogP contribution >= 0.6 is 0 Å². The molecule has 1 aliphatic carbocycles. The molecule has 0 aromatic rings. The Morgan fingerprint density at radius 1 is 1.33 bits per heavy atom. The Bertz CT molecular complexity index is 272. The number of hydrogen-bond donors (Lipinski definition) is 1. The van der Waals surface area contributed by atoms with E-state index in [9.17, 15) is 5.26 Å². The Balaban J connectivity index is 2.55. The van der Waals surface area contributed by atoms with Crippen LogP contribution in [0.2, 0.25) is 0 Å². The van der Waals surface area contributed by atoms with E-state index in [4.69, 9.17) is 9.47 Å². The van der Waals surface area contributed by atoms with Gasteiger partial charge in [-0.25, -0.2) is 0 Å². The molecule has 2 atom stereocenters. The van der Waals surface area contributed by atoms with E-state index in [0.29, 0.717) is 6.04 Å². The van der Waals surface area contributed by atoms with Crippen LogP contribution in [0.4, 0.5) is 0 Å². The minimum absolute atomic E-state index is 0.344. The van der Waals surface area contributed by atoms with Gasteiger partial charge in [0.15, 0.2) is 0 Å². The normalized spacial score (nSPS) is 27.6. The lowest BCUT2D eigenvalue weighted by Gasteiger charge is -2.29. The highest BCUT2D eigenvalue weighted by Gasteiger charge is 2.40. The highest BCUT2D eigenvalue weighted by Crippen LogP contribution is 2.32. The van der Waals surface area contributed by atoms with Crippen LogP contribution in [0.25, 0.3) is 0 Å². The Labute approximate surface area is 110 Å². The SMILES string of the molecule is CNC1(C#N)CCC(N(CCOC)CCOC)C1. The maximum Gasteiger partial charge on any atom is 0.108 e. The maximum atomic E-state index is 9.29. The summed E-state index contributed by atoms with van der Waals surface area (Å²) in [6, 6.07) is 2.87. The van der Waals surface area contributed by atoms with Crippen molar-refractivity contribution in [2.24, 2.45) is 0 Å². The van der Waals surface area contributed by atoms with Gasteiger partial charge in [-0.2, -0.15) is 5.26 Å². The smallest absolute Gasteiger partial charge is 0.108 e. The molecule has 18 heavy (non-hydrogen) atoms.